The summed E-state index contributed by atoms with van der Waals surface area (Å²) >= 11 is 5.08. The van der Waals surface area contributed by atoms with Gasteiger partial charge in [-0.2, -0.15) is 0 Å². The topological polar surface area (TPSA) is 91.6 Å². The molecule has 0 unspecified atom stereocenters. The molecule has 30 heavy (non-hydrogen) atoms. The van der Waals surface area contributed by atoms with E-state index in [2.05, 4.69) is 5.32 Å². The highest BCUT2D eigenvalue weighted by Gasteiger charge is 2.35. The summed E-state index contributed by atoms with van der Waals surface area (Å²) in [6.45, 7) is -0.282. The van der Waals surface area contributed by atoms with E-state index in [4.69, 9.17) is 17.3 Å². The second-order valence-corrected chi connectivity index (χ2v) is 6.92. The molecule has 7 nitrogen and oxygen atoms in total. The number of carbonyl (C=O) groups excluding carboxylic acids is 2. The molecule has 0 atom stereocenters. The molecule has 150 valence electrons. The Morgan fingerprint density at radius 1 is 1.13 bits per heavy atom. The molecule has 2 heterocycles. The van der Waals surface area contributed by atoms with Crippen LogP contribution in [0.5, 0.6) is 0 Å². The Bertz CT molecular complexity index is 1260. The molecule has 1 fully saturated rings. The molecule has 0 saturated carbocycles. The van der Waals surface area contributed by atoms with E-state index < -0.39 is 23.6 Å². The van der Waals surface area contributed by atoms with Crippen molar-refractivity contribution in [1.82, 2.24) is 9.88 Å². The third-order valence-electron chi connectivity index (χ3n) is 4.62. The fourth-order valence-corrected chi connectivity index (χ4v) is 3.61. The average molecular weight is 423 g/mol. The number of fused-ring (bicyclic) bond motifs is 1. The maximum atomic E-state index is 14.3. The van der Waals surface area contributed by atoms with Crippen molar-refractivity contribution < 1.29 is 23.9 Å². The molecule has 9 heteroatoms. The molecule has 2 N–H and O–H groups in total. The molecule has 4 rings (SSSR count). The molecule has 1 aliphatic rings. The van der Waals surface area contributed by atoms with E-state index in [9.17, 15) is 18.8 Å². The number of nitrogens with one attached hydrogen (secondary N) is 1. The first-order chi connectivity index (χ1) is 14.4. The van der Waals surface area contributed by atoms with Gasteiger partial charge in [0.2, 0.25) is 0 Å². The summed E-state index contributed by atoms with van der Waals surface area (Å²) in [7, 11) is 0. The predicted molar refractivity (Wildman–Crippen MR) is 112 cm³/mol. The van der Waals surface area contributed by atoms with Crippen molar-refractivity contribution in [2.45, 2.75) is 6.54 Å². The fraction of sp³-hybridized carbons (Fsp3) is 0.0476. The smallest absolute Gasteiger partial charge is 0.323 e. The average Bonchev–Trinajstić information content (AvgIpc) is 3.03. The monoisotopic (exact) mass is 423 g/mol. The number of rotatable bonds is 4. The Morgan fingerprint density at radius 3 is 2.57 bits per heavy atom. The highest BCUT2D eigenvalue weighted by Crippen LogP contribution is 2.27. The van der Waals surface area contributed by atoms with Gasteiger partial charge in [-0.25, -0.2) is 9.29 Å². The number of nitrogens with zero attached hydrogens (tertiary/aromatic N) is 2. The van der Waals surface area contributed by atoms with Crippen molar-refractivity contribution in [3.63, 3.8) is 0 Å². The van der Waals surface area contributed by atoms with Crippen LogP contribution in [0.2, 0.25) is 0 Å². The van der Waals surface area contributed by atoms with E-state index in [1.165, 1.54) is 28.8 Å². The van der Waals surface area contributed by atoms with Gasteiger partial charge in [0.15, 0.2) is 5.11 Å². The summed E-state index contributed by atoms with van der Waals surface area (Å²) in [4.78, 5) is 37.7. The van der Waals surface area contributed by atoms with Crippen molar-refractivity contribution in [1.29, 1.82) is 0 Å². The maximum Gasteiger partial charge on any atom is 0.323 e. The third kappa shape index (κ3) is 3.35. The van der Waals surface area contributed by atoms with E-state index in [0.717, 1.165) is 4.90 Å². The number of aromatic nitrogens is 1. The third-order valence-corrected chi connectivity index (χ3v) is 4.90. The highest BCUT2D eigenvalue weighted by atomic mass is 32.1. The molecule has 1 saturated heterocycles. The van der Waals surface area contributed by atoms with Gasteiger partial charge in [-0.3, -0.25) is 19.7 Å². The number of amides is 2. The van der Waals surface area contributed by atoms with Gasteiger partial charge in [-0.1, -0.05) is 30.3 Å². The number of para-hydroxylation sites is 2. The van der Waals surface area contributed by atoms with Crippen LogP contribution in [0.25, 0.3) is 17.0 Å². The number of halogens is 1. The quantitative estimate of drug-likeness (QED) is 0.383. The molecule has 0 spiro atoms. The number of hydrogen-bond acceptors (Lipinski definition) is 4. The summed E-state index contributed by atoms with van der Waals surface area (Å²) in [5.41, 5.74) is 0.792. The van der Waals surface area contributed by atoms with Crippen LogP contribution in [0.4, 0.5) is 10.1 Å². The van der Waals surface area contributed by atoms with Crippen LogP contribution in [-0.2, 0) is 20.9 Å². The second kappa shape index (κ2) is 7.53. The first kappa shape index (κ1) is 19.5. The van der Waals surface area contributed by atoms with Crippen molar-refractivity contribution >= 4 is 57.8 Å². The molecule has 0 radical (unpaired) electrons. The number of aliphatic carboxylic acids is 1. The highest BCUT2D eigenvalue weighted by molar-refractivity contribution is 7.80. The van der Waals surface area contributed by atoms with E-state index >= 15 is 0 Å². The van der Waals surface area contributed by atoms with Crippen LogP contribution in [0.3, 0.4) is 0 Å². The minimum Gasteiger partial charge on any atom is -0.480 e. The standard InChI is InChI=1S/C21H14FN3O4S/c22-15-6-2-4-8-17(15)25-20(29)14(19(28)23-21(25)30)9-12-10-24(11-18(26)27)16-7-3-1-5-13(12)16/h1-10H,11H2,(H,26,27)(H,23,28,30)/b14-9+. The second-order valence-electron chi connectivity index (χ2n) is 6.53. The van der Waals surface area contributed by atoms with Crippen molar-refractivity contribution in [3.05, 3.63) is 71.7 Å². The van der Waals surface area contributed by atoms with Gasteiger partial charge in [-0.15, -0.1) is 0 Å². The number of carboxylic acids is 1. The van der Waals surface area contributed by atoms with E-state index in [1.54, 1.807) is 36.5 Å². The van der Waals surface area contributed by atoms with Gasteiger partial charge in [0.05, 0.1) is 5.69 Å². The Labute approximate surface area is 175 Å². The molecule has 2 amide bonds. The molecular weight excluding hydrogens is 409 g/mol. The van der Waals surface area contributed by atoms with Crippen LogP contribution in [0.15, 0.2) is 60.3 Å². The lowest BCUT2D eigenvalue weighted by atomic mass is 10.1. The predicted octanol–water partition coefficient (Wildman–Crippen LogP) is 2.70. The molecule has 1 aromatic heterocycles. The fourth-order valence-electron chi connectivity index (χ4n) is 3.33. The molecule has 3 aromatic rings. The zero-order valence-electron chi connectivity index (χ0n) is 15.3. The Kier molecular flexibility index (Phi) is 4.88. The van der Waals surface area contributed by atoms with Crippen LogP contribution < -0.4 is 10.2 Å². The van der Waals surface area contributed by atoms with Gasteiger partial charge < -0.3 is 9.67 Å². The lowest BCUT2D eigenvalue weighted by Crippen LogP contribution is -2.54. The molecule has 2 aromatic carbocycles. The van der Waals surface area contributed by atoms with Gasteiger partial charge in [0.1, 0.15) is 17.9 Å². The van der Waals surface area contributed by atoms with Crippen molar-refractivity contribution in [2.75, 3.05) is 4.90 Å². The van der Waals surface area contributed by atoms with E-state index in [-0.39, 0.29) is 22.9 Å². The lowest BCUT2D eigenvalue weighted by Gasteiger charge is -2.29. The molecule has 0 aliphatic carbocycles. The number of carbonyl (C=O) groups is 3. The van der Waals surface area contributed by atoms with Gasteiger partial charge in [0.25, 0.3) is 11.8 Å². The number of hydrogen-bond donors (Lipinski definition) is 2. The van der Waals surface area contributed by atoms with Gasteiger partial charge >= 0.3 is 5.97 Å². The zero-order valence-corrected chi connectivity index (χ0v) is 16.1. The zero-order chi connectivity index (χ0) is 21.4. The largest absolute Gasteiger partial charge is 0.480 e. The lowest BCUT2D eigenvalue weighted by molar-refractivity contribution is -0.137. The van der Waals surface area contributed by atoms with Gasteiger partial charge in [0, 0.05) is 22.7 Å². The van der Waals surface area contributed by atoms with E-state index in [1.807, 2.05) is 0 Å². The Balaban J connectivity index is 1.82. The van der Waals surface area contributed by atoms with Crippen LogP contribution in [-0.4, -0.2) is 32.6 Å². The number of carboxylic acid groups (broad SMARTS) is 1. The molecule has 1 aliphatic heterocycles. The first-order valence-electron chi connectivity index (χ1n) is 8.82. The van der Waals surface area contributed by atoms with Crippen LogP contribution in [0, 0.1) is 5.82 Å². The number of benzene rings is 2. The summed E-state index contributed by atoms with van der Waals surface area (Å²) in [5.74, 6) is -3.18. The molecule has 0 bridgehead atoms. The Hall–Kier alpha value is -3.85. The summed E-state index contributed by atoms with van der Waals surface area (Å²) in [6.07, 6.45) is 2.90. The summed E-state index contributed by atoms with van der Waals surface area (Å²) < 4.78 is 15.8. The Morgan fingerprint density at radius 2 is 1.83 bits per heavy atom. The summed E-state index contributed by atoms with van der Waals surface area (Å²) in [6, 6.07) is 12.6. The molecular formula is C21H14FN3O4S. The van der Waals surface area contributed by atoms with Crippen molar-refractivity contribution in [2.24, 2.45) is 0 Å². The normalized spacial score (nSPS) is 15.7. The van der Waals surface area contributed by atoms with Crippen LogP contribution in [0.1, 0.15) is 5.56 Å². The van der Waals surface area contributed by atoms with Gasteiger partial charge in [-0.05, 0) is 36.5 Å². The minimum absolute atomic E-state index is 0.0771. The SMILES string of the molecule is O=C(O)Cn1cc(/C=C2\C(=O)NC(=S)N(c3ccccc3F)C2=O)c2ccccc21. The maximum absolute atomic E-state index is 14.3. The first-order valence-corrected chi connectivity index (χ1v) is 9.23. The minimum atomic E-state index is -1.03. The summed E-state index contributed by atoms with van der Waals surface area (Å²) in [5, 5.41) is 12.0. The van der Waals surface area contributed by atoms with Crippen molar-refractivity contribution in [3.8, 4) is 0 Å². The number of anilines is 1. The number of thiocarbonyl (C=S) groups is 1. The van der Waals surface area contributed by atoms with E-state index in [0.29, 0.717) is 16.5 Å². The van der Waals surface area contributed by atoms with Crippen LogP contribution >= 0.6 is 12.2 Å².